The van der Waals surface area contributed by atoms with Crippen LogP contribution < -0.4 is 5.32 Å². The van der Waals surface area contributed by atoms with Gasteiger partial charge >= 0.3 is 5.97 Å². The highest BCUT2D eigenvalue weighted by Gasteiger charge is 2.17. The number of nitriles is 1. The molecule has 0 saturated carbocycles. The third kappa shape index (κ3) is 5.25. The Morgan fingerprint density at radius 3 is 2.42 bits per heavy atom. The third-order valence-electron chi connectivity index (χ3n) is 3.42. The molecule has 1 N–H and O–H groups in total. The molecule has 0 aliphatic heterocycles. The molecule has 2 rings (SSSR count). The molecule has 0 heterocycles. The van der Waals surface area contributed by atoms with Crippen LogP contribution in [0.4, 0.5) is 5.69 Å². The van der Waals surface area contributed by atoms with Gasteiger partial charge in [0, 0.05) is 12.1 Å². The number of esters is 1. The van der Waals surface area contributed by atoms with Crippen LogP contribution in [-0.4, -0.2) is 18.0 Å². The van der Waals surface area contributed by atoms with Crippen molar-refractivity contribution in [3.8, 4) is 6.07 Å². The fourth-order valence-electron chi connectivity index (χ4n) is 2.07. The van der Waals surface area contributed by atoms with Crippen molar-refractivity contribution in [1.29, 1.82) is 5.26 Å². The Kier molecular flexibility index (Phi) is 6.09. The lowest BCUT2D eigenvalue weighted by atomic mass is 10.1. The number of hydrogen-bond donors (Lipinski definition) is 1. The molecule has 24 heavy (non-hydrogen) atoms. The highest BCUT2D eigenvalue weighted by molar-refractivity contribution is 5.95. The Morgan fingerprint density at radius 1 is 1.12 bits per heavy atom. The first-order chi connectivity index (χ1) is 11.6. The van der Waals surface area contributed by atoms with Crippen molar-refractivity contribution in [2.75, 3.05) is 5.32 Å². The van der Waals surface area contributed by atoms with Crippen molar-refractivity contribution in [1.82, 2.24) is 0 Å². The zero-order valence-electron chi connectivity index (χ0n) is 13.4. The Labute approximate surface area is 140 Å². The lowest BCUT2D eigenvalue weighted by Crippen LogP contribution is -2.30. The number of amides is 1. The van der Waals surface area contributed by atoms with Gasteiger partial charge in [-0.15, -0.1) is 0 Å². The van der Waals surface area contributed by atoms with E-state index in [1.807, 2.05) is 36.4 Å². The summed E-state index contributed by atoms with van der Waals surface area (Å²) in [6.07, 6.45) is -0.0915. The normalized spacial score (nSPS) is 11.2. The molecule has 0 aromatic heterocycles. The largest absolute Gasteiger partial charge is 0.453 e. The number of rotatable bonds is 6. The number of carbonyl (C=O) groups excluding carboxylic acids is 2. The maximum absolute atomic E-state index is 12.0. The van der Waals surface area contributed by atoms with E-state index >= 15 is 0 Å². The van der Waals surface area contributed by atoms with Gasteiger partial charge in [0.25, 0.3) is 5.91 Å². The molecule has 0 radical (unpaired) electrons. The van der Waals surface area contributed by atoms with Crippen molar-refractivity contribution in [2.45, 2.75) is 25.9 Å². The van der Waals surface area contributed by atoms with Crippen LogP contribution in [0.3, 0.4) is 0 Å². The zero-order valence-corrected chi connectivity index (χ0v) is 13.4. The fraction of sp³-hybridized carbons (Fsp3) is 0.211. The van der Waals surface area contributed by atoms with Crippen LogP contribution in [-0.2, 0) is 20.7 Å². The van der Waals surface area contributed by atoms with Gasteiger partial charge in [-0.25, -0.2) is 0 Å². The molecule has 122 valence electrons. The van der Waals surface area contributed by atoms with Crippen molar-refractivity contribution in [3.05, 3.63) is 65.7 Å². The molecule has 0 aliphatic rings. The van der Waals surface area contributed by atoms with Crippen LogP contribution in [0.25, 0.3) is 0 Å². The number of nitrogens with zero attached hydrogens (tertiary/aromatic N) is 1. The first-order valence-corrected chi connectivity index (χ1v) is 7.63. The molecule has 0 aliphatic carbocycles. The minimum Gasteiger partial charge on any atom is -0.453 e. The fourth-order valence-corrected chi connectivity index (χ4v) is 2.07. The minimum absolute atomic E-state index is 0.221. The molecule has 0 spiro atoms. The van der Waals surface area contributed by atoms with E-state index in [1.54, 1.807) is 24.3 Å². The van der Waals surface area contributed by atoms with E-state index in [2.05, 4.69) is 5.32 Å². The quantitative estimate of drug-likeness (QED) is 0.829. The van der Waals surface area contributed by atoms with E-state index in [4.69, 9.17) is 10.00 Å². The summed E-state index contributed by atoms with van der Waals surface area (Å²) in [6, 6.07) is 18.1. The predicted molar refractivity (Wildman–Crippen MR) is 90.1 cm³/mol. The molecule has 2 aromatic rings. The second-order valence-corrected chi connectivity index (χ2v) is 5.30. The van der Waals surface area contributed by atoms with Gasteiger partial charge in [-0.3, -0.25) is 9.59 Å². The van der Waals surface area contributed by atoms with Crippen LogP contribution in [0.5, 0.6) is 0 Å². The van der Waals surface area contributed by atoms with Crippen molar-refractivity contribution in [2.24, 2.45) is 0 Å². The Balaban J connectivity index is 1.80. The summed E-state index contributed by atoms with van der Waals surface area (Å²) in [5, 5.41) is 11.4. The summed E-state index contributed by atoms with van der Waals surface area (Å²) < 4.78 is 5.15. The van der Waals surface area contributed by atoms with Crippen molar-refractivity contribution >= 4 is 17.6 Å². The molecule has 5 heteroatoms. The van der Waals surface area contributed by atoms with Crippen molar-refractivity contribution < 1.29 is 14.3 Å². The highest BCUT2D eigenvalue weighted by atomic mass is 16.5. The van der Waals surface area contributed by atoms with Gasteiger partial charge in [0.15, 0.2) is 6.10 Å². The monoisotopic (exact) mass is 322 g/mol. The standard InChI is InChI=1S/C19H18N2O3/c1-14(19(23)21-17-10-7-16(13-20)8-11-17)24-18(22)12-9-15-5-3-2-4-6-15/h2-8,10-11,14H,9,12H2,1H3,(H,21,23)/t14-/m1/s1. The number of nitrogens with one attached hydrogen (secondary N) is 1. The number of hydrogen-bond acceptors (Lipinski definition) is 4. The van der Waals surface area contributed by atoms with Gasteiger partial charge in [-0.2, -0.15) is 5.26 Å². The van der Waals surface area contributed by atoms with Gasteiger partial charge in [-0.1, -0.05) is 30.3 Å². The maximum atomic E-state index is 12.0. The average molecular weight is 322 g/mol. The number of ether oxygens (including phenoxy) is 1. The van der Waals surface area contributed by atoms with E-state index in [1.165, 1.54) is 6.92 Å². The van der Waals surface area contributed by atoms with Gasteiger partial charge in [0.2, 0.25) is 0 Å². The van der Waals surface area contributed by atoms with E-state index < -0.39 is 18.0 Å². The molecule has 0 unspecified atom stereocenters. The number of carbonyl (C=O) groups is 2. The molecule has 2 aromatic carbocycles. The topological polar surface area (TPSA) is 79.2 Å². The summed E-state index contributed by atoms with van der Waals surface area (Å²) in [7, 11) is 0. The molecular weight excluding hydrogens is 304 g/mol. The molecule has 1 amide bonds. The number of aryl methyl sites for hydroxylation is 1. The predicted octanol–water partition coefficient (Wildman–Crippen LogP) is 3.06. The summed E-state index contributed by atoms with van der Waals surface area (Å²) in [6.45, 7) is 1.53. The second kappa shape index (κ2) is 8.49. The summed E-state index contributed by atoms with van der Waals surface area (Å²) in [5.41, 5.74) is 2.10. The van der Waals surface area contributed by atoms with Gasteiger partial charge in [-0.05, 0) is 43.2 Å². The number of anilines is 1. The molecule has 0 bridgehead atoms. The smallest absolute Gasteiger partial charge is 0.306 e. The average Bonchev–Trinajstić information content (AvgIpc) is 2.61. The van der Waals surface area contributed by atoms with E-state index in [-0.39, 0.29) is 6.42 Å². The molecule has 1 atom stereocenters. The Hall–Kier alpha value is -3.13. The van der Waals surface area contributed by atoms with Gasteiger partial charge in [0.1, 0.15) is 0 Å². The molecule has 0 saturated heterocycles. The van der Waals surface area contributed by atoms with Gasteiger partial charge < -0.3 is 10.1 Å². The summed E-state index contributed by atoms with van der Waals surface area (Å²) >= 11 is 0. The molecule has 5 nitrogen and oxygen atoms in total. The molecule has 0 fully saturated rings. The third-order valence-corrected chi connectivity index (χ3v) is 3.42. The maximum Gasteiger partial charge on any atom is 0.306 e. The lowest BCUT2D eigenvalue weighted by molar-refractivity contribution is -0.153. The van der Waals surface area contributed by atoms with Crippen LogP contribution >= 0.6 is 0 Å². The first kappa shape index (κ1) is 17.2. The second-order valence-electron chi connectivity index (χ2n) is 5.30. The first-order valence-electron chi connectivity index (χ1n) is 7.63. The lowest BCUT2D eigenvalue weighted by Gasteiger charge is -2.13. The Morgan fingerprint density at radius 2 is 1.79 bits per heavy atom. The molecular formula is C19H18N2O3. The summed E-state index contributed by atoms with van der Waals surface area (Å²) in [4.78, 5) is 23.9. The van der Waals surface area contributed by atoms with Crippen LogP contribution in [0.15, 0.2) is 54.6 Å². The zero-order chi connectivity index (χ0) is 17.4. The summed E-state index contributed by atoms with van der Waals surface area (Å²) in [5.74, 6) is -0.825. The van der Waals surface area contributed by atoms with Crippen LogP contribution in [0.2, 0.25) is 0 Å². The Bertz CT molecular complexity index is 733. The van der Waals surface area contributed by atoms with E-state index in [0.717, 1.165) is 5.56 Å². The highest BCUT2D eigenvalue weighted by Crippen LogP contribution is 2.10. The van der Waals surface area contributed by atoms with E-state index in [9.17, 15) is 9.59 Å². The van der Waals surface area contributed by atoms with Crippen LogP contribution in [0.1, 0.15) is 24.5 Å². The van der Waals surface area contributed by atoms with Crippen molar-refractivity contribution in [3.63, 3.8) is 0 Å². The minimum atomic E-state index is -0.885. The number of benzene rings is 2. The van der Waals surface area contributed by atoms with Gasteiger partial charge in [0.05, 0.1) is 11.6 Å². The van der Waals surface area contributed by atoms with E-state index in [0.29, 0.717) is 17.7 Å². The van der Waals surface area contributed by atoms with Crippen LogP contribution in [0, 0.1) is 11.3 Å². The SMILES string of the molecule is C[C@@H](OC(=O)CCc1ccccc1)C(=O)Nc1ccc(C#N)cc1.